The maximum Gasteiger partial charge on any atom is 0.416 e. The van der Waals surface area contributed by atoms with Gasteiger partial charge in [0.15, 0.2) is 0 Å². The van der Waals surface area contributed by atoms with E-state index in [9.17, 15) is 13.2 Å². The molecule has 1 atom stereocenters. The fraction of sp³-hybridized carbons (Fsp3) is 0.500. The molecule has 1 nitrogen and oxygen atoms in total. The number of likely N-dealkylation sites (N-methyl/N-ethyl adjacent to an activating group) is 1. The third-order valence-corrected chi connectivity index (χ3v) is 2.35. The van der Waals surface area contributed by atoms with Gasteiger partial charge >= 0.3 is 6.18 Å². The maximum absolute atomic E-state index is 12.4. The Morgan fingerprint density at radius 2 is 1.84 bits per heavy atom. The van der Waals surface area contributed by atoms with Crippen molar-refractivity contribution in [3.63, 3.8) is 0 Å². The zero-order valence-electron chi connectivity index (χ0n) is 10.6. The van der Waals surface area contributed by atoms with E-state index >= 15 is 0 Å². The molecule has 1 aromatic carbocycles. The average molecular weight is 646 g/mol. The Hall–Kier alpha value is 0.572. The summed E-state index contributed by atoms with van der Waals surface area (Å²) < 4.78 is 37.3. The van der Waals surface area contributed by atoms with E-state index in [0.29, 0.717) is 12.0 Å². The molecule has 1 rings (SSSR count). The summed E-state index contributed by atoms with van der Waals surface area (Å²) in [5, 5.41) is 3.17. The van der Waals surface area contributed by atoms with Crippen molar-refractivity contribution < 1.29 is 53.7 Å². The molecule has 0 bridgehead atoms. The van der Waals surface area contributed by atoms with E-state index in [0.717, 1.165) is 12.6 Å². The first kappa shape index (κ1) is 24.6. The molecule has 0 aromatic heterocycles. The number of benzene rings is 1. The third-order valence-electron chi connectivity index (χ3n) is 2.35. The number of rotatable bonds is 4. The topological polar surface area (TPSA) is 12.0 Å². The number of hydrogen-bond donors (Lipinski definition) is 1. The van der Waals surface area contributed by atoms with Gasteiger partial charge in [0.2, 0.25) is 0 Å². The summed E-state index contributed by atoms with van der Waals surface area (Å²) in [6.07, 6.45) is -3.64. The quantitative estimate of drug-likeness (QED) is 0.528. The summed E-state index contributed by atoms with van der Waals surface area (Å²) in [4.78, 5) is 0. The second kappa shape index (κ2) is 11.3. The van der Waals surface area contributed by atoms with Crippen LogP contribution in [0.15, 0.2) is 24.3 Å². The zero-order valence-corrected chi connectivity index (χ0v) is 16.5. The fourth-order valence-electron chi connectivity index (χ4n) is 1.65. The van der Waals surface area contributed by atoms with Crippen LogP contribution in [0.1, 0.15) is 25.0 Å². The SMILES string of the molecule is CCNC(C)Cc1cccc(C(F)(F)F)c1.Cl.[Ir].[Re]. The van der Waals surface area contributed by atoms with Crippen LogP contribution in [-0.2, 0) is 53.1 Å². The van der Waals surface area contributed by atoms with Crippen LogP contribution in [0.3, 0.4) is 0 Å². The van der Waals surface area contributed by atoms with Crippen molar-refractivity contribution in [3.05, 3.63) is 35.4 Å². The molecule has 1 aromatic rings. The van der Waals surface area contributed by atoms with Gasteiger partial charge in [0, 0.05) is 46.6 Å². The van der Waals surface area contributed by atoms with Gasteiger partial charge in [0.05, 0.1) is 5.56 Å². The molecule has 0 heterocycles. The predicted molar refractivity (Wildman–Crippen MR) is 65.5 cm³/mol. The first-order valence-electron chi connectivity index (χ1n) is 5.33. The first-order chi connectivity index (χ1) is 7.43. The van der Waals surface area contributed by atoms with Crippen LogP contribution in [0.25, 0.3) is 0 Å². The molecule has 19 heavy (non-hydrogen) atoms. The molecule has 0 fully saturated rings. The molecule has 7 heteroatoms. The molecule has 0 aliphatic carbocycles. The van der Waals surface area contributed by atoms with E-state index in [4.69, 9.17) is 0 Å². The minimum absolute atomic E-state index is 0. The summed E-state index contributed by atoms with van der Waals surface area (Å²) in [7, 11) is 0. The minimum atomic E-state index is -4.25. The Morgan fingerprint density at radius 1 is 1.26 bits per heavy atom. The van der Waals surface area contributed by atoms with Crippen molar-refractivity contribution in [3.8, 4) is 0 Å². The van der Waals surface area contributed by atoms with Gasteiger partial charge in [-0.05, 0) is 31.5 Å². The Balaban J connectivity index is -0.000000853. The molecule has 1 unspecified atom stereocenters. The Kier molecular flexibility index (Phi) is 14.6. The van der Waals surface area contributed by atoms with Crippen LogP contribution < -0.4 is 5.32 Å². The number of nitrogens with one attached hydrogen (secondary N) is 1. The summed E-state index contributed by atoms with van der Waals surface area (Å²) >= 11 is 0. The normalized spacial score (nSPS) is 11.6. The van der Waals surface area contributed by atoms with Crippen molar-refractivity contribution in [1.29, 1.82) is 0 Å². The number of halogens is 4. The second-order valence-electron chi connectivity index (χ2n) is 3.86. The monoisotopic (exact) mass is 647 g/mol. The fourth-order valence-corrected chi connectivity index (χ4v) is 1.65. The molecule has 114 valence electrons. The predicted octanol–water partition coefficient (Wildman–Crippen LogP) is 3.66. The van der Waals surface area contributed by atoms with E-state index in [1.54, 1.807) is 6.07 Å². The van der Waals surface area contributed by atoms with Gasteiger partial charge in [-0.25, -0.2) is 0 Å². The van der Waals surface area contributed by atoms with Crippen LogP contribution in [0, 0.1) is 0 Å². The molecule has 0 saturated heterocycles. The minimum Gasteiger partial charge on any atom is -0.314 e. The third kappa shape index (κ3) is 9.18. The first-order valence-corrected chi connectivity index (χ1v) is 5.33. The molecular formula is C12H17ClF3IrNRe. The van der Waals surface area contributed by atoms with Crippen molar-refractivity contribution >= 4 is 12.4 Å². The van der Waals surface area contributed by atoms with Crippen LogP contribution in [0.4, 0.5) is 13.2 Å². The van der Waals surface area contributed by atoms with Crippen molar-refractivity contribution in [2.45, 2.75) is 32.5 Å². The molecule has 1 N–H and O–H groups in total. The van der Waals surface area contributed by atoms with E-state index in [2.05, 4.69) is 5.32 Å². The molecule has 2 radical (unpaired) electrons. The standard InChI is InChI=1S/C12H16F3N.ClH.Ir.Re/c1-3-16-9(2)7-10-5-4-6-11(8-10)12(13,14)15;;;/h4-6,8-9,16H,3,7H2,1-2H3;1H;;. The van der Waals surface area contributed by atoms with Gasteiger partial charge in [-0.3, -0.25) is 0 Å². The molecule has 0 spiro atoms. The van der Waals surface area contributed by atoms with Gasteiger partial charge in [0.25, 0.3) is 0 Å². The summed E-state index contributed by atoms with van der Waals surface area (Å²) in [5.41, 5.74) is 0.136. The Morgan fingerprint density at radius 3 is 2.32 bits per heavy atom. The Labute approximate surface area is 145 Å². The molecule has 0 aliphatic rings. The van der Waals surface area contributed by atoms with Crippen molar-refractivity contribution in [2.24, 2.45) is 0 Å². The zero-order chi connectivity index (χ0) is 12.2. The van der Waals surface area contributed by atoms with Crippen molar-refractivity contribution in [2.75, 3.05) is 6.54 Å². The molecule has 0 aliphatic heterocycles. The summed E-state index contributed by atoms with van der Waals surface area (Å²) in [6, 6.07) is 5.68. The van der Waals surface area contributed by atoms with Gasteiger partial charge in [-0.15, -0.1) is 12.4 Å². The Bertz CT molecular complexity index is 350. The summed E-state index contributed by atoms with van der Waals surface area (Å²) in [6.45, 7) is 4.76. The van der Waals surface area contributed by atoms with Crippen LogP contribution in [0.5, 0.6) is 0 Å². The van der Waals surface area contributed by atoms with Gasteiger partial charge in [0.1, 0.15) is 0 Å². The van der Waals surface area contributed by atoms with Gasteiger partial charge in [-0.2, -0.15) is 13.2 Å². The van der Waals surface area contributed by atoms with E-state index in [1.165, 1.54) is 12.1 Å². The smallest absolute Gasteiger partial charge is 0.314 e. The second-order valence-corrected chi connectivity index (χ2v) is 3.86. The van der Waals surface area contributed by atoms with Crippen LogP contribution in [0.2, 0.25) is 0 Å². The molecule has 0 saturated carbocycles. The molecule has 0 amide bonds. The van der Waals surface area contributed by atoms with E-state index < -0.39 is 11.7 Å². The van der Waals surface area contributed by atoms with E-state index in [-0.39, 0.29) is 59.0 Å². The molecular weight excluding hydrogens is 629 g/mol. The van der Waals surface area contributed by atoms with Crippen LogP contribution in [-0.4, -0.2) is 12.6 Å². The number of alkyl halides is 3. The largest absolute Gasteiger partial charge is 0.416 e. The summed E-state index contributed by atoms with van der Waals surface area (Å²) in [5.74, 6) is 0. The van der Waals surface area contributed by atoms with Gasteiger partial charge < -0.3 is 5.32 Å². The van der Waals surface area contributed by atoms with E-state index in [1.807, 2.05) is 13.8 Å². The number of hydrogen-bond acceptors (Lipinski definition) is 1. The maximum atomic E-state index is 12.4. The van der Waals surface area contributed by atoms with Crippen LogP contribution >= 0.6 is 12.4 Å². The van der Waals surface area contributed by atoms with Gasteiger partial charge in [-0.1, -0.05) is 25.1 Å². The average Bonchev–Trinajstić information content (AvgIpc) is 2.17. The van der Waals surface area contributed by atoms with Crippen molar-refractivity contribution in [1.82, 2.24) is 5.32 Å².